The molecular weight excluding hydrogens is 433 g/mol. The van der Waals surface area contributed by atoms with E-state index in [2.05, 4.69) is 17.1 Å². The number of rotatable bonds is 8. The molecule has 2 aromatic rings. The highest BCUT2D eigenvalue weighted by Crippen LogP contribution is 2.23. The number of anilines is 1. The summed E-state index contributed by atoms with van der Waals surface area (Å²) in [4.78, 5) is 29.0. The number of nitrogens with one attached hydrogen (secondary N) is 1. The highest BCUT2D eigenvalue weighted by molar-refractivity contribution is 6.42. The van der Waals surface area contributed by atoms with Crippen molar-refractivity contribution in [1.82, 2.24) is 9.80 Å². The number of benzene rings is 2. The zero-order valence-electron chi connectivity index (χ0n) is 17.9. The van der Waals surface area contributed by atoms with Gasteiger partial charge in [-0.1, -0.05) is 54.4 Å². The third-order valence-corrected chi connectivity index (χ3v) is 6.34. The van der Waals surface area contributed by atoms with Crippen molar-refractivity contribution in [1.29, 1.82) is 0 Å². The summed E-state index contributed by atoms with van der Waals surface area (Å²) in [5, 5.41) is 4.10. The molecule has 0 unspecified atom stereocenters. The molecule has 166 valence electrons. The third kappa shape index (κ3) is 6.96. The zero-order valence-corrected chi connectivity index (χ0v) is 19.4. The van der Waals surface area contributed by atoms with Crippen LogP contribution in [0.25, 0.3) is 0 Å². The van der Waals surface area contributed by atoms with Gasteiger partial charge < -0.3 is 10.2 Å². The number of aryl methyl sites for hydroxylation is 2. The maximum absolute atomic E-state index is 12.5. The Bertz CT molecular complexity index is 911. The monoisotopic (exact) mass is 461 g/mol. The highest BCUT2D eigenvalue weighted by Gasteiger charge is 2.22. The first kappa shape index (κ1) is 23.6. The van der Waals surface area contributed by atoms with Crippen LogP contribution in [0.4, 0.5) is 5.69 Å². The van der Waals surface area contributed by atoms with Gasteiger partial charge in [-0.15, -0.1) is 0 Å². The Morgan fingerprint density at radius 1 is 1.00 bits per heavy atom. The SMILES string of the molecule is CCc1ccccc1NC(=O)CN1CCN(C(=O)CCCc2ccc(Cl)c(Cl)c2)CC1. The second-order valence-corrected chi connectivity index (χ2v) is 8.63. The molecule has 1 aliphatic rings. The maximum Gasteiger partial charge on any atom is 0.238 e. The smallest absolute Gasteiger partial charge is 0.238 e. The Hall–Kier alpha value is -2.08. The molecule has 0 atom stereocenters. The van der Waals surface area contributed by atoms with Gasteiger partial charge in [-0.2, -0.15) is 0 Å². The molecule has 5 nitrogen and oxygen atoms in total. The number of halogens is 2. The molecule has 3 rings (SSSR count). The van der Waals surface area contributed by atoms with Gasteiger partial charge in [0.1, 0.15) is 0 Å². The molecule has 0 bridgehead atoms. The van der Waals surface area contributed by atoms with Crippen molar-refractivity contribution in [2.24, 2.45) is 0 Å². The Morgan fingerprint density at radius 3 is 2.45 bits per heavy atom. The number of hydrogen-bond donors (Lipinski definition) is 1. The van der Waals surface area contributed by atoms with Crippen LogP contribution in [-0.4, -0.2) is 54.3 Å². The molecule has 0 saturated carbocycles. The minimum atomic E-state index is -0.0118. The minimum Gasteiger partial charge on any atom is -0.340 e. The van der Waals surface area contributed by atoms with Crippen LogP contribution in [-0.2, 0) is 22.4 Å². The summed E-state index contributed by atoms with van der Waals surface area (Å²) in [6.07, 6.45) is 2.95. The van der Waals surface area contributed by atoms with E-state index in [0.717, 1.165) is 36.1 Å². The molecule has 31 heavy (non-hydrogen) atoms. The van der Waals surface area contributed by atoms with Gasteiger partial charge in [0.2, 0.25) is 11.8 Å². The molecule has 1 heterocycles. The van der Waals surface area contributed by atoms with Gasteiger partial charge in [-0.3, -0.25) is 14.5 Å². The van der Waals surface area contributed by atoms with Gasteiger partial charge in [-0.05, 0) is 48.6 Å². The van der Waals surface area contributed by atoms with Crippen LogP contribution >= 0.6 is 23.2 Å². The van der Waals surface area contributed by atoms with E-state index in [0.29, 0.717) is 49.2 Å². The Morgan fingerprint density at radius 2 is 1.74 bits per heavy atom. The number of para-hydroxylation sites is 1. The van der Waals surface area contributed by atoms with Gasteiger partial charge in [-0.25, -0.2) is 0 Å². The van der Waals surface area contributed by atoms with Crippen molar-refractivity contribution in [3.63, 3.8) is 0 Å². The second kappa shape index (κ2) is 11.5. The number of amides is 2. The van der Waals surface area contributed by atoms with Crippen LogP contribution in [0.3, 0.4) is 0 Å². The van der Waals surface area contributed by atoms with Crippen LogP contribution in [0.15, 0.2) is 42.5 Å². The number of hydrogen-bond acceptors (Lipinski definition) is 3. The summed E-state index contributed by atoms with van der Waals surface area (Å²) in [6, 6.07) is 13.5. The lowest BCUT2D eigenvalue weighted by molar-refractivity contribution is -0.133. The first-order valence-corrected chi connectivity index (χ1v) is 11.5. The minimum absolute atomic E-state index is 0.0118. The van der Waals surface area contributed by atoms with Crippen molar-refractivity contribution in [2.45, 2.75) is 32.6 Å². The van der Waals surface area contributed by atoms with E-state index in [-0.39, 0.29) is 11.8 Å². The standard InChI is InChI=1S/C24H29Cl2N3O2/c1-2-19-7-3-4-8-22(19)27-23(30)17-28-12-14-29(15-13-28)24(31)9-5-6-18-10-11-20(25)21(26)16-18/h3-4,7-8,10-11,16H,2,5-6,9,12-15,17H2,1H3,(H,27,30). The Balaban J connectivity index is 1.38. The van der Waals surface area contributed by atoms with Crippen molar-refractivity contribution in [2.75, 3.05) is 38.0 Å². The number of piperazine rings is 1. The highest BCUT2D eigenvalue weighted by atomic mass is 35.5. The molecule has 2 amide bonds. The summed E-state index contributed by atoms with van der Waals surface area (Å²) in [6.45, 7) is 5.15. The molecule has 1 aliphatic heterocycles. The van der Waals surface area contributed by atoms with Gasteiger partial charge in [0.15, 0.2) is 0 Å². The molecule has 7 heteroatoms. The number of nitrogens with zero attached hydrogens (tertiary/aromatic N) is 2. The molecule has 0 radical (unpaired) electrons. The summed E-state index contributed by atoms with van der Waals surface area (Å²) in [7, 11) is 0. The number of carbonyl (C=O) groups is 2. The Labute approximate surface area is 194 Å². The lowest BCUT2D eigenvalue weighted by Gasteiger charge is -2.34. The molecule has 1 fully saturated rings. The van der Waals surface area contributed by atoms with Crippen LogP contribution in [0.5, 0.6) is 0 Å². The first-order chi connectivity index (χ1) is 15.0. The van der Waals surface area contributed by atoms with E-state index in [1.54, 1.807) is 6.07 Å². The zero-order chi connectivity index (χ0) is 22.2. The van der Waals surface area contributed by atoms with Crippen molar-refractivity contribution >= 4 is 40.7 Å². The molecule has 0 aliphatic carbocycles. The van der Waals surface area contributed by atoms with Crippen LogP contribution in [0, 0.1) is 0 Å². The normalized spacial score (nSPS) is 14.5. The molecular formula is C24H29Cl2N3O2. The van der Waals surface area contributed by atoms with E-state index < -0.39 is 0 Å². The summed E-state index contributed by atoms with van der Waals surface area (Å²) in [5.74, 6) is 0.156. The van der Waals surface area contributed by atoms with Gasteiger partial charge in [0, 0.05) is 38.3 Å². The van der Waals surface area contributed by atoms with Crippen molar-refractivity contribution in [3.8, 4) is 0 Å². The summed E-state index contributed by atoms with van der Waals surface area (Å²) < 4.78 is 0. The van der Waals surface area contributed by atoms with E-state index >= 15 is 0 Å². The fourth-order valence-corrected chi connectivity index (χ4v) is 4.12. The van der Waals surface area contributed by atoms with Crippen molar-refractivity contribution < 1.29 is 9.59 Å². The molecule has 1 saturated heterocycles. The van der Waals surface area contributed by atoms with Gasteiger partial charge >= 0.3 is 0 Å². The average Bonchev–Trinajstić information content (AvgIpc) is 2.77. The number of carbonyl (C=O) groups excluding carboxylic acids is 2. The summed E-state index contributed by atoms with van der Waals surface area (Å²) >= 11 is 12.0. The molecule has 0 aromatic heterocycles. The van der Waals surface area contributed by atoms with E-state index in [1.807, 2.05) is 41.3 Å². The predicted octanol–water partition coefficient (Wildman–Crippen LogP) is 4.66. The van der Waals surface area contributed by atoms with E-state index in [9.17, 15) is 9.59 Å². The van der Waals surface area contributed by atoms with E-state index in [1.165, 1.54) is 0 Å². The van der Waals surface area contributed by atoms with E-state index in [4.69, 9.17) is 23.2 Å². The average molecular weight is 462 g/mol. The third-order valence-electron chi connectivity index (χ3n) is 5.60. The second-order valence-electron chi connectivity index (χ2n) is 7.82. The van der Waals surface area contributed by atoms with Gasteiger partial charge in [0.05, 0.1) is 16.6 Å². The largest absolute Gasteiger partial charge is 0.340 e. The van der Waals surface area contributed by atoms with Crippen LogP contribution in [0.1, 0.15) is 30.9 Å². The van der Waals surface area contributed by atoms with Crippen LogP contribution < -0.4 is 5.32 Å². The Kier molecular flexibility index (Phi) is 8.76. The molecule has 0 spiro atoms. The summed E-state index contributed by atoms with van der Waals surface area (Å²) in [5.41, 5.74) is 3.10. The molecule has 1 N–H and O–H groups in total. The lowest BCUT2D eigenvalue weighted by Crippen LogP contribution is -2.50. The van der Waals surface area contributed by atoms with Crippen molar-refractivity contribution in [3.05, 3.63) is 63.6 Å². The fourth-order valence-electron chi connectivity index (χ4n) is 3.80. The van der Waals surface area contributed by atoms with Crippen LogP contribution in [0.2, 0.25) is 10.0 Å². The topological polar surface area (TPSA) is 52.7 Å². The predicted molar refractivity (Wildman–Crippen MR) is 127 cm³/mol. The quantitative estimate of drug-likeness (QED) is 0.621. The first-order valence-electron chi connectivity index (χ1n) is 10.8. The maximum atomic E-state index is 12.5. The lowest BCUT2D eigenvalue weighted by atomic mass is 10.1. The van der Waals surface area contributed by atoms with Gasteiger partial charge in [0.25, 0.3) is 0 Å². The fraction of sp³-hybridized carbons (Fsp3) is 0.417. The molecule has 2 aromatic carbocycles.